The van der Waals surface area contributed by atoms with Crippen LogP contribution < -0.4 is 10.0 Å². The molecule has 3 fully saturated rings. The molecule has 0 bridgehead atoms. The van der Waals surface area contributed by atoms with Crippen molar-refractivity contribution in [2.45, 2.75) is 55.2 Å². The Balaban J connectivity index is 1.19. The quantitative estimate of drug-likeness (QED) is 0.853. The Morgan fingerprint density at radius 2 is 1.92 bits per heavy atom. The largest absolute Gasteiger partial charge is 0.354 e. The Morgan fingerprint density at radius 1 is 1.21 bits per heavy atom. The molecule has 2 aliphatic carbocycles. The van der Waals surface area contributed by atoms with Gasteiger partial charge in [0, 0.05) is 19.0 Å². The van der Waals surface area contributed by atoms with Crippen molar-refractivity contribution >= 4 is 15.9 Å². The number of carbonyl (C=O) groups is 1. The van der Waals surface area contributed by atoms with E-state index in [9.17, 15) is 13.2 Å². The van der Waals surface area contributed by atoms with Gasteiger partial charge in [0.1, 0.15) is 0 Å². The number of hydrogen-bond donors (Lipinski definition) is 2. The molecule has 4 rings (SSSR count). The maximum absolute atomic E-state index is 12.1. The molecule has 0 aromatic heterocycles. The van der Waals surface area contributed by atoms with Gasteiger partial charge in [0.05, 0.1) is 4.75 Å². The predicted octanol–water partition coefficient (Wildman–Crippen LogP) is 1.91. The number of amides is 1. The van der Waals surface area contributed by atoms with Crippen LogP contribution in [0.25, 0.3) is 0 Å². The zero-order chi connectivity index (χ0) is 16.8. The van der Waals surface area contributed by atoms with Crippen LogP contribution in [0.2, 0.25) is 0 Å². The van der Waals surface area contributed by atoms with Crippen molar-refractivity contribution in [1.82, 2.24) is 10.0 Å². The second-order valence-corrected chi connectivity index (χ2v) is 9.77. The van der Waals surface area contributed by atoms with E-state index in [1.54, 1.807) is 0 Å². The molecule has 1 unspecified atom stereocenters. The summed E-state index contributed by atoms with van der Waals surface area (Å²) in [6, 6.07) is 10.3. The Bertz CT molecular complexity index is 722. The third kappa shape index (κ3) is 2.97. The minimum absolute atomic E-state index is 0.0439. The van der Waals surface area contributed by atoms with E-state index in [4.69, 9.17) is 0 Å². The first-order valence-corrected chi connectivity index (χ1v) is 10.3. The summed E-state index contributed by atoms with van der Waals surface area (Å²) < 4.78 is 26.2. The van der Waals surface area contributed by atoms with Gasteiger partial charge in [-0.05, 0) is 49.5 Å². The monoisotopic (exact) mass is 348 g/mol. The molecule has 3 aliphatic rings. The van der Waals surface area contributed by atoms with E-state index in [-0.39, 0.29) is 11.9 Å². The van der Waals surface area contributed by atoms with Gasteiger partial charge in [-0.3, -0.25) is 4.79 Å². The van der Waals surface area contributed by atoms with Gasteiger partial charge < -0.3 is 5.32 Å². The van der Waals surface area contributed by atoms with E-state index in [0.29, 0.717) is 31.2 Å². The van der Waals surface area contributed by atoms with Crippen LogP contribution in [0, 0.1) is 5.92 Å². The highest BCUT2D eigenvalue weighted by Crippen LogP contribution is 2.50. The fraction of sp³-hybridized carbons (Fsp3) is 0.611. The van der Waals surface area contributed by atoms with Crippen LogP contribution >= 0.6 is 0 Å². The van der Waals surface area contributed by atoms with Crippen LogP contribution in [0.4, 0.5) is 0 Å². The lowest BCUT2D eigenvalue weighted by atomic mass is 9.70. The van der Waals surface area contributed by atoms with Gasteiger partial charge in [0.15, 0.2) is 0 Å². The molecular weight excluding hydrogens is 324 g/mol. The van der Waals surface area contributed by atoms with Crippen molar-refractivity contribution in [3.05, 3.63) is 35.9 Å². The summed E-state index contributed by atoms with van der Waals surface area (Å²) in [6.45, 7) is 0.411. The third-order valence-electron chi connectivity index (χ3n) is 5.84. The molecule has 1 heterocycles. The highest BCUT2D eigenvalue weighted by atomic mass is 32.2. The van der Waals surface area contributed by atoms with Crippen molar-refractivity contribution in [1.29, 1.82) is 0 Å². The molecule has 5 nitrogen and oxygen atoms in total. The second-order valence-electron chi connectivity index (χ2n) is 7.66. The SMILES string of the molecule is O=C(CC1CC(c2ccccc2)C1)NCC1CC2(CC2)S(=O)(=O)N1. The average Bonchev–Trinajstić information content (AvgIpc) is 3.25. The predicted molar refractivity (Wildman–Crippen MR) is 92.0 cm³/mol. The van der Waals surface area contributed by atoms with Gasteiger partial charge in [-0.25, -0.2) is 13.1 Å². The summed E-state index contributed by atoms with van der Waals surface area (Å²) >= 11 is 0. The summed E-state index contributed by atoms with van der Waals surface area (Å²) in [4.78, 5) is 12.1. The summed E-state index contributed by atoms with van der Waals surface area (Å²) in [6.07, 6.45) is 4.84. The van der Waals surface area contributed by atoms with Gasteiger partial charge in [0.25, 0.3) is 0 Å². The average molecular weight is 348 g/mol. The lowest BCUT2D eigenvalue weighted by molar-refractivity contribution is -0.122. The first-order chi connectivity index (χ1) is 11.5. The third-order valence-corrected chi connectivity index (χ3v) is 8.20. The first-order valence-electron chi connectivity index (χ1n) is 8.81. The van der Waals surface area contributed by atoms with E-state index < -0.39 is 14.8 Å². The van der Waals surface area contributed by atoms with Crippen molar-refractivity contribution in [2.75, 3.05) is 6.54 Å². The Labute approximate surface area is 143 Å². The van der Waals surface area contributed by atoms with E-state index in [2.05, 4.69) is 34.3 Å². The van der Waals surface area contributed by atoms with E-state index in [0.717, 1.165) is 25.7 Å². The number of benzene rings is 1. The standard InChI is InChI=1S/C18H24N2O3S/c21-17(10-13-8-15(9-13)14-4-2-1-3-5-14)19-12-16-11-18(6-7-18)24(22,23)20-16/h1-5,13,15-16,20H,6-12H2,(H,19,21). The van der Waals surface area contributed by atoms with E-state index in [1.165, 1.54) is 5.56 Å². The zero-order valence-electron chi connectivity index (χ0n) is 13.7. The maximum Gasteiger partial charge on any atom is 0.220 e. The summed E-state index contributed by atoms with van der Waals surface area (Å²) in [5, 5.41) is 2.92. The normalized spacial score (nSPS) is 32.2. The molecule has 1 amide bonds. The second kappa shape index (κ2) is 5.85. The topological polar surface area (TPSA) is 75.3 Å². The molecule has 1 aliphatic heterocycles. The summed E-state index contributed by atoms with van der Waals surface area (Å²) in [5.74, 6) is 1.08. The first kappa shape index (κ1) is 16.1. The molecule has 24 heavy (non-hydrogen) atoms. The van der Waals surface area contributed by atoms with Crippen LogP contribution in [0.5, 0.6) is 0 Å². The molecule has 130 valence electrons. The highest BCUT2D eigenvalue weighted by molar-refractivity contribution is 7.91. The molecule has 2 N–H and O–H groups in total. The fourth-order valence-corrected chi connectivity index (χ4v) is 6.06. The number of hydrogen-bond acceptors (Lipinski definition) is 3. The number of sulfonamides is 1. The maximum atomic E-state index is 12.1. The molecule has 2 saturated carbocycles. The van der Waals surface area contributed by atoms with Crippen molar-refractivity contribution in [2.24, 2.45) is 5.92 Å². The van der Waals surface area contributed by atoms with Gasteiger partial charge in [0.2, 0.25) is 15.9 Å². The van der Waals surface area contributed by atoms with Crippen molar-refractivity contribution in [3.63, 3.8) is 0 Å². The Morgan fingerprint density at radius 3 is 2.54 bits per heavy atom. The van der Waals surface area contributed by atoms with Gasteiger partial charge in [-0.1, -0.05) is 30.3 Å². The van der Waals surface area contributed by atoms with Crippen LogP contribution in [0.3, 0.4) is 0 Å². The van der Waals surface area contributed by atoms with E-state index >= 15 is 0 Å². The Kier molecular flexibility index (Phi) is 3.92. The van der Waals surface area contributed by atoms with Crippen LogP contribution in [-0.2, 0) is 14.8 Å². The smallest absolute Gasteiger partial charge is 0.220 e. The van der Waals surface area contributed by atoms with E-state index in [1.807, 2.05) is 6.07 Å². The van der Waals surface area contributed by atoms with Gasteiger partial charge in [-0.2, -0.15) is 0 Å². The highest BCUT2D eigenvalue weighted by Gasteiger charge is 2.60. The number of nitrogens with one attached hydrogen (secondary N) is 2. The lowest BCUT2D eigenvalue weighted by Gasteiger charge is -2.35. The summed E-state index contributed by atoms with van der Waals surface area (Å²) in [5.41, 5.74) is 1.37. The minimum atomic E-state index is -3.17. The van der Waals surface area contributed by atoms with Crippen LogP contribution in [0.1, 0.15) is 50.0 Å². The molecule has 1 aromatic carbocycles. The minimum Gasteiger partial charge on any atom is -0.354 e. The Hall–Kier alpha value is -1.40. The molecule has 6 heteroatoms. The van der Waals surface area contributed by atoms with Crippen LogP contribution in [0.15, 0.2) is 30.3 Å². The summed E-state index contributed by atoms with van der Waals surface area (Å²) in [7, 11) is -3.17. The lowest BCUT2D eigenvalue weighted by Crippen LogP contribution is -2.39. The van der Waals surface area contributed by atoms with Crippen molar-refractivity contribution < 1.29 is 13.2 Å². The molecule has 1 saturated heterocycles. The molecular formula is C18H24N2O3S. The molecule has 1 spiro atoms. The van der Waals surface area contributed by atoms with Crippen molar-refractivity contribution in [3.8, 4) is 0 Å². The zero-order valence-corrected chi connectivity index (χ0v) is 14.5. The number of rotatable bonds is 5. The molecule has 1 aromatic rings. The van der Waals surface area contributed by atoms with Gasteiger partial charge >= 0.3 is 0 Å². The fourth-order valence-electron chi connectivity index (χ4n) is 4.14. The molecule has 0 radical (unpaired) electrons. The number of carbonyl (C=O) groups excluding carboxylic acids is 1. The molecule has 1 atom stereocenters. The van der Waals surface area contributed by atoms with Gasteiger partial charge in [-0.15, -0.1) is 0 Å². The van der Waals surface area contributed by atoms with Crippen LogP contribution in [-0.4, -0.2) is 31.7 Å².